The largest absolute Gasteiger partial charge is 0.348 e. The molecule has 2 aromatic carbocycles. The van der Waals surface area contributed by atoms with E-state index in [2.05, 4.69) is 6.08 Å². The van der Waals surface area contributed by atoms with Crippen molar-refractivity contribution >= 4 is 0 Å². The zero-order chi connectivity index (χ0) is 16.2. The fourth-order valence-corrected chi connectivity index (χ4v) is 2.60. The predicted molar refractivity (Wildman–Crippen MR) is 84.7 cm³/mol. The highest BCUT2D eigenvalue weighted by atomic mass is 19.2. The second-order valence-corrected chi connectivity index (χ2v) is 5.54. The summed E-state index contributed by atoms with van der Waals surface area (Å²) in [5.41, 5.74) is 2.36. The van der Waals surface area contributed by atoms with Crippen molar-refractivity contribution in [3.63, 3.8) is 0 Å². The third kappa shape index (κ3) is 3.66. The summed E-state index contributed by atoms with van der Waals surface area (Å²) in [5, 5.41) is 0. The molecular formula is C19H18F2O2. The first-order chi connectivity index (χ1) is 11.2. The summed E-state index contributed by atoms with van der Waals surface area (Å²) < 4.78 is 37.8. The van der Waals surface area contributed by atoms with Crippen molar-refractivity contribution in [3.8, 4) is 11.1 Å². The SMILES string of the molecule is CC=CC1COC(c2ccc(-c3ccc(F)c(F)c3)cc2)OC1. The number of benzene rings is 2. The molecule has 0 amide bonds. The van der Waals surface area contributed by atoms with E-state index in [-0.39, 0.29) is 12.2 Å². The van der Waals surface area contributed by atoms with Crippen LogP contribution in [-0.2, 0) is 9.47 Å². The van der Waals surface area contributed by atoms with Gasteiger partial charge in [0.05, 0.1) is 13.2 Å². The Bertz CT molecular complexity index is 687. The summed E-state index contributed by atoms with van der Waals surface area (Å²) in [5.74, 6) is -1.40. The molecule has 1 saturated heterocycles. The highest BCUT2D eigenvalue weighted by Crippen LogP contribution is 2.28. The lowest BCUT2D eigenvalue weighted by atomic mass is 10.0. The first-order valence-electron chi connectivity index (χ1n) is 7.59. The molecule has 0 aliphatic carbocycles. The minimum Gasteiger partial charge on any atom is -0.348 e. The summed E-state index contributed by atoms with van der Waals surface area (Å²) in [4.78, 5) is 0. The molecule has 1 aliphatic rings. The van der Waals surface area contributed by atoms with Gasteiger partial charge < -0.3 is 9.47 Å². The van der Waals surface area contributed by atoms with E-state index in [1.807, 2.05) is 37.3 Å². The van der Waals surface area contributed by atoms with Crippen LogP contribution in [0.15, 0.2) is 54.6 Å². The molecule has 23 heavy (non-hydrogen) atoms. The van der Waals surface area contributed by atoms with Crippen LogP contribution in [0, 0.1) is 17.6 Å². The number of rotatable bonds is 3. The van der Waals surface area contributed by atoms with E-state index in [0.29, 0.717) is 18.8 Å². The van der Waals surface area contributed by atoms with Crippen molar-refractivity contribution in [1.29, 1.82) is 0 Å². The van der Waals surface area contributed by atoms with Crippen LogP contribution in [0.25, 0.3) is 11.1 Å². The third-order valence-electron chi connectivity index (χ3n) is 3.82. The third-order valence-corrected chi connectivity index (χ3v) is 3.82. The van der Waals surface area contributed by atoms with Crippen LogP contribution in [0.3, 0.4) is 0 Å². The van der Waals surface area contributed by atoms with Crippen molar-refractivity contribution < 1.29 is 18.3 Å². The summed E-state index contributed by atoms with van der Waals surface area (Å²) in [6.07, 6.45) is 3.69. The Hall–Kier alpha value is -2.04. The van der Waals surface area contributed by atoms with Gasteiger partial charge in [0.25, 0.3) is 0 Å². The summed E-state index contributed by atoms with van der Waals surface area (Å²) >= 11 is 0. The molecule has 2 aromatic rings. The van der Waals surface area contributed by atoms with Crippen molar-refractivity contribution in [1.82, 2.24) is 0 Å². The molecule has 0 spiro atoms. The number of allylic oxidation sites excluding steroid dienone is 1. The Morgan fingerprint density at radius 1 is 0.913 bits per heavy atom. The minimum atomic E-state index is -0.847. The molecule has 1 aliphatic heterocycles. The van der Waals surface area contributed by atoms with Gasteiger partial charge in [-0.15, -0.1) is 0 Å². The quantitative estimate of drug-likeness (QED) is 0.752. The second kappa shape index (κ2) is 7.02. The van der Waals surface area contributed by atoms with Crippen molar-refractivity contribution in [2.24, 2.45) is 5.92 Å². The normalized spacial score (nSPS) is 21.7. The maximum atomic E-state index is 13.3. The van der Waals surface area contributed by atoms with Crippen LogP contribution in [0.1, 0.15) is 18.8 Å². The van der Waals surface area contributed by atoms with Crippen molar-refractivity contribution in [2.45, 2.75) is 13.2 Å². The van der Waals surface area contributed by atoms with Gasteiger partial charge in [-0.05, 0) is 30.2 Å². The molecule has 0 atom stereocenters. The predicted octanol–water partition coefficient (Wildman–Crippen LogP) is 4.87. The molecule has 4 heteroatoms. The first-order valence-corrected chi connectivity index (χ1v) is 7.59. The average molecular weight is 316 g/mol. The molecule has 0 radical (unpaired) electrons. The summed E-state index contributed by atoms with van der Waals surface area (Å²) in [7, 11) is 0. The minimum absolute atomic E-state index is 0.290. The van der Waals surface area contributed by atoms with Gasteiger partial charge >= 0.3 is 0 Å². The van der Waals surface area contributed by atoms with Crippen LogP contribution in [0.4, 0.5) is 8.78 Å². The Kier molecular flexibility index (Phi) is 4.84. The lowest BCUT2D eigenvalue weighted by Crippen LogP contribution is -2.25. The van der Waals surface area contributed by atoms with Crippen LogP contribution in [0.5, 0.6) is 0 Å². The molecule has 0 bridgehead atoms. The van der Waals surface area contributed by atoms with Crippen LogP contribution in [0.2, 0.25) is 0 Å². The van der Waals surface area contributed by atoms with E-state index in [4.69, 9.17) is 9.47 Å². The van der Waals surface area contributed by atoms with Gasteiger partial charge in [0.2, 0.25) is 0 Å². The molecule has 2 nitrogen and oxygen atoms in total. The van der Waals surface area contributed by atoms with Gasteiger partial charge in [-0.3, -0.25) is 0 Å². The molecule has 1 heterocycles. The Morgan fingerprint density at radius 3 is 2.17 bits per heavy atom. The zero-order valence-corrected chi connectivity index (χ0v) is 12.8. The summed E-state index contributed by atoms with van der Waals surface area (Å²) in [6, 6.07) is 11.4. The monoisotopic (exact) mass is 316 g/mol. The van der Waals surface area contributed by atoms with Gasteiger partial charge in [-0.1, -0.05) is 42.5 Å². The maximum Gasteiger partial charge on any atom is 0.183 e. The number of halogens is 2. The van der Waals surface area contributed by atoms with Gasteiger partial charge in [0.1, 0.15) is 0 Å². The van der Waals surface area contributed by atoms with Gasteiger partial charge in [-0.25, -0.2) is 8.78 Å². The Balaban J connectivity index is 1.71. The zero-order valence-electron chi connectivity index (χ0n) is 12.8. The molecule has 120 valence electrons. The van der Waals surface area contributed by atoms with Crippen molar-refractivity contribution in [2.75, 3.05) is 13.2 Å². The first kappa shape index (κ1) is 15.8. The molecule has 0 unspecified atom stereocenters. The smallest absolute Gasteiger partial charge is 0.183 e. The van der Waals surface area contributed by atoms with Crippen LogP contribution >= 0.6 is 0 Å². The fraction of sp³-hybridized carbons (Fsp3) is 0.263. The van der Waals surface area contributed by atoms with E-state index in [1.54, 1.807) is 6.07 Å². The Labute approximate surface area is 134 Å². The fourth-order valence-electron chi connectivity index (χ4n) is 2.60. The van der Waals surface area contributed by atoms with Crippen LogP contribution in [-0.4, -0.2) is 13.2 Å². The molecule has 3 rings (SSSR count). The molecule has 0 saturated carbocycles. The second-order valence-electron chi connectivity index (χ2n) is 5.54. The highest BCUT2D eigenvalue weighted by molar-refractivity contribution is 5.63. The van der Waals surface area contributed by atoms with Gasteiger partial charge in [0.15, 0.2) is 17.9 Å². The number of hydrogen-bond donors (Lipinski definition) is 0. The van der Waals surface area contributed by atoms with Gasteiger partial charge in [-0.2, -0.15) is 0 Å². The molecule has 0 aromatic heterocycles. The van der Waals surface area contributed by atoms with E-state index in [1.165, 1.54) is 6.07 Å². The standard InChI is InChI=1S/C19H18F2O2/c1-2-3-13-11-22-19(23-12-13)15-6-4-14(5-7-15)16-8-9-17(20)18(21)10-16/h2-10,13,19H,11-12H2,1H3. The lowest BCUT2D eigenvalue weighted by molar-refractivity contribution is -0.197. The van der Waals surface area contributed by atoms with E-state index < -0.39 is 11.6 Å². The topological polar surface area (TPSA) is 18.5 Å². The van der Waals surface area contributed by atoms with E-state index in [0.717, 1.165) is 17.2 Å². The highest BCUT2D eigenvalue weighted by Gasteiger charge is 2.21. The van der Waals surface area contributed by atoms with Crippen LogP contribution < -0.4 is 0 Å². The van der Waals surface area contributed by atoms with Gasteiger partial charge in [0, 0.05) is 11.5 Å². The molecular weight excluding hydrogens is 298 g/mol. The average Bonchev–Trinajstić information content (AvgIpc) is 2.59. The number of hydrogen-bond acceptors (Lipinski definition) is 2. The lowest BCUT2D eigenvalue weighted by Gasteiger charge is -2.28. The van der Waals surface area contributed by atoms with E-state index in [9.17, 15) is 8.78 Å². The molecule has 1 fully saturated rings. The van der Waals surface area contributed by atoms with E-state index >= 15 is 0 Å². The molecule has 0 N–H and O–H groups in total. The van der Waals surface area contributed by atoms with Crippen molar-refractivity contribution in [3.05, 3.63) is 71.8 Å². The maximum absolute atomic E-state index is 13.3. The number of ether oxygens (including phenoxy) is 2. The summed E-state index contributed by atoms with van der Waals surface area (Å²) in [6.45, 7) is 3.23. The Morgan fingerprint density at radius 2 is 1.57 bits per heavy atom.